The molecule has 2 heterocycles. The number of alkyl halides is 1. The second kappa shape index (κ2) is 5.29. The molecule has 1 aromatic rings. The van der Waals surface area contributed by atoms with E-state index in [1.165, 1.54) is 30.6 Å². The Hall–Kier alpha value is 0.140. The van der Waals surface area contributed by atoms with Gasteiger partial charge in [0.25, 0.3) is 0 Å². The second-order valence-electron chi connectivity index (χ2n) is 3.70. The lowest BCUT2D eigenvalue weighted by atomic mass is 10.1. The van der Waals surface area contributed by atoms with Gasteiger partial charge in [-0.1, -0.05) is 22.0 Å². The van der Waals surface area contributed by atoms with Crippen LogP contribution in [0.25, 0.3) is 0 Å². The largest absolute Gasteiger partial charge is 0.378 e. The van der Waals surface area contributed by atoms with Crippen molar-refractivity contribution in [3.8, 4) is 0 Å². The highest BCUT2D eigenvalue weighted by Crippen LogP contribution is 2.32. The summed E-state index contributed by atoms with van der Waals surface area (Å²) in [6.45, 7) is 0.969. The molecule has 1 saturated heterocycles. The summed E-state index contributed by atoms with van der Waals surface area (Å²) in [5.41, 5.74) is 0. The molecule has 0 aliphatic carbocycles. The number of halogens is 1. The van der Waals surface area contributed by atoms with E-state index in [9.17, 15) is 0 Å². The van der Waals surface area contributed by atoms with Gasteiger partial charge in [-0.25, -0.2) is 0 Å². The third-order valence-electron chi connectivity index (χ3n) is 2.62. The van der Waals surface area contributed by atoms with Crippen molar-refractivity contribution in [3.05, 3.63) is 22.4 Å². The zero-order chi connectivity index (χ0) is 9.80. The number of ether oxygens (including phenoxy) is 1. The van der Waals surface area contributed by atoms with Gasteiger partial charge in [0.2, 0.25) is 0 Å². The minimum atomic E-state index is 0.520. The topological polar surface area (TPSA) is 9.23 Å². The lowest BCUT2D eigenvalue weighted by Crippen LogP contribution is -2.05. The van der Waals surface area contributed by atoms with Crippen LogP contribution in [0.5, 0.6) is 0 Å². The summed E-state index contributed by atoms with van der Waals surface area (Å²) >= 11 is 5.55. The molecule has 0 N–H and O–H groups in total. The van der Waals surface area contributed by atoms with Crippen LogP contribution in [0.3, 0.4) is 0 Å². The van der Waals surface area contributed by atoms with E-state index < -0.39 is 0 Å². The molecule has 0 spiro atoms. The monoisotopic (exact) mass is 274 g/mol. The molecule has 1 nitrogen and oxygen atoms in total. The van der Waals surface area contributed by atoms with Gasteiger partial charge >= 0.3 is 0 Å². The maximum absolute atomic E-state index is 5.60. The highest BCUT2D eigenvalue weighted by atomic mass is 79.9. The summed E-state index contributed by atoms with van der Waals surface area (Å²) in [5.74, 6) is 0. The Balaban J connectivity index is 1.74. The predicted molar refractivity (Wildman–Crippen MR) is 64.2 cm³/mol. The highest BCUT2D eigenvalue weighted by Gasteiger charge is 2.17. The summed E-state index contributed by atoms with van der Waals surface area (Å²) < 4.78 is 5.60. The van der Waals surface area contributed by atoms with Crippen molar-refractivity contribution in [1.82, 2.24) is 0 Å². The molecule has 0 saturated carbocycles. The highest BCUT2D eigenvalue weighted by molar-refractivity contribution is 9.09. The minimum absolute atomic E-state index is 0.520. The molecule has 0 aromatic carbocycles. The van der Waals surface area contributed by atoms with Crippen molar-refractivity contribution in [3.63, 3.8) is 0 Å². The zero-order valence-corrected chi connectivity index (χ0v) is 10.5. The second-order valence-corrected chi connectivity index (χ2v) is 5.78. The molecule has 2 unspecified atom stereocenters. The molecular formula is C11H15BrOS. The van der Waals surface area contributed by atoms with E-state index in [1.54, 1.807) is 0 Å². The standard InChI is InChI=1S/C11H15BrOS/c12-10(11-4-2-8-14-11)6-5-9-3-1-7-13-9/h2,4,8-10H,1,3,5-7H2. The van der Waals surface area contributed by atoms with Gasteiger partial charge in [-0.2, -0.15) is 0 Å². The van der Waals surface area contributed by atoms with Crippen LogP contribution in [-0.2, 0) is 4.74 Å². The number of thiophene rings is 1. The van der Waals surface area contributed by atoms with E-state index in [0.717, 1.165) is 6.61 Å². The first-order chi connectivity index (χ1) is 6.86. The van der Waals surface area contributed by atoms with Crippen LogP contribution in [0, 0.1) is 0 Å². The summed E-state index contributed by atoms with van der Waals surface area (Å²) in [7, 11) is 0. The molecule has 14 heavy (non-hydrogen) atoms. The van der Waals surface area contributed by atoms with E-state index in [-0.39, 0.29) is 0 Å². The van der Waals surface area contributed by atoms with E-state index in [1.807, 2.05) is 11.3 Å². The molecule has 2 rings (SSSR count). The van der Waals surface area contributed by atoms with Crippen LogP contribution in [0.4, 0.5) is 0 Å². The van der Waals surface area contributed by atoms with Gasteiger partial charge in [-0.05, 0) is 37.1 Å². The molecule has 2 atom stereocenters. The smallest absolute Gasteiger partial charge is 0.0576 e. The van der Waals surface area contributed by atoms with E-state index in [4.69, 9.17) is 4.74 Å². The van der Waals surface area contributed by atoms with E-state index >= 15 is 0 Å². The van der Waals surface area contributed by atoms with Gasteiger partial charge in [0, 0.05) is 16.3 Å². The first-order valence-electron chi connectivity index (χ1n) is 5.15. The lowest BCUT2D eigenvalue weighted by Gasteiger charge is -2.11. The Morgan fingerprint density at radius 2 is 2.57 bits per heavy atom. The maximum Gasteiger partial charge on any atom is 0.0576 e. The molecule has 1 aliphatic heterocycles. The lowest BCUT2D eigenvalue weighted by molar-refractivity contribution is 0.102. The fraction of sp³-hybridized carbons (Fsp3) is 0.636. The van der Waals surface area contributed by atoms with E-state index in [0.29, 0.717) is 10.9 Å². The van der Waals surface area contributed by atoms with Crippen molar-refractivity contribution in [2.45, 2.75) is 36.6 Å². The molecule has 78 valence electrons. The molecule has 1 fully saturated rings. The van der Waals surface area contributed by atoms with Crippen molar-refractivity contribution < 1.29 is 4.74 Å². The number of rotatable bonds is 4. The van der Waals surface area contributed by atoms with Gasteiger partial charge in [0.1, 0.15) is 0 Å². The summed E-state index contributed by atoms with van der Waals surface area (Å²) in [6.07, 6.45) is 5.40. The average molecular weight is 275 g/mol. The molecule has 0 bridgehead atoms. The molecule has 0 radical (unpaired) electrons. The van der Waals surface area contributed by atoms with Gasteiger partial charge < -0.3 is 4.74 Å². The third-order valence-corrected chi connectivity index (χ3v) is 4.86. The van der Waals surface area contributed by atoms with Crippen molar-refractivity contribution in [1.29, 1.82) is 0 Å². The SMILES string of the molecule is BrC(CCC1CCCO1)c1cccs1. The third kappa shape index (κ3) is 2.81. The van der Waals surface area contributed by atoms with Gasteiger partial charge in [0.15, 0.2) is 0 Å². The Bertz CT molecular complexity index is 254. The molecular weight excluding hydrogens is 260 g/mol. The van der Waals surface area contributed by atoms with Crippen molar-refractivity contribution >= 4 is 27.3 Å². The first kappa shape index (κ1) is 10.7. The zero-order valence-electron chi connectivity index (χ0n) is 8.12. The van der Waals surface area contributed by atoms with Crippen LogP contribution < -0.4 is 0 Å². The van der Waals surface area contributed by atoms with Gasteiger partial charge in [-0.15, -0.1) is 11.3 Å². The Labute approximate surface area is 97.6 Å². The molecule has 0 amide bonds. The summed E-state index contributed by atoms with van der Waals surface area (Å²) in [5, 5.41) is 2.13. The fourth-order valence-corrected chi connectivity index (χ4v) is 3.29. The normalized spacial score (nSPS) is 23.9. The van der Waals surface area contributed by atoms with Crippen LogP contribution in [-0.4, -0.2) is 12.7 Å². The molecule has 1 aliphatic rings. The maximum atomic E-state index is 5.60. The number of hydrogen-bond acceptors (Lipinski definition) is 2. The van der Waals surface area contributed by atoms with Crippen LogP contribution >= 0.6 is 27.3 Å². The minimum Gasteiger partial charge on any atom is -0.378 e. The molecule has 1 aromatic heterocycles. The van der Waals surface area contributed by atoms with Crippen LogP contribution in [0.1, 0.15) is 35.4 Å². The molecule has 3 heteroatoms. The summed E-state index contributed by atoms with van der Waals surface area (Å²) in [6, 6.07) is 4.31. The van der Waals surface area contributed by atoms with Gasteiger partial charge in [-0.3, -0.25) is 0 Å². The van der Waals surface area contributed by atoms with E-state index in [2.05, 4.69) is 33.4 Å². The Kier molecular flexibility index (Phi) is 4.02. The summed E-state index contributed by atoms with van der Waals surface area (Å²) in [4.78, 5) is 1.95. The van der Waals surface area contributed by atoms with Crippen LogP contribution in [0.15, 0.2) is 17.5 Å². The van der Waals surface area contributed by atoms with Gasteiger partial charge in [0.05, 0.1) is 6.10 Å². The first-order valence-corrected chi connectivity index (χ1v) is 6.95. The quantitative estimate of drug-likeness (QED) is 0.750. The van der Waals surface area contributed by atoms with Crippen LogP contribution in [0.2, 0.25) is 0 Å². The Morgan fingerprint density at radius 1 is 1.64 bits per heavy atom. The number of hydrogen-bond donors (Lipinski definition) is 0. The predicted octanol–water partition coefficient (Wildman–Crippen LogP) is 4.14. The Morgan fingerprint density at radius 3 is 3.21 bits per heavy atom. The fourth-order valence-electron chi connectivity index (χ4n) is 1.82. The average Bonchev–Trinajstić information content (AvgIpc) is 2.87. The van der Waals surface area contributed by atoms with Crippen molar-refractivity contribution in [2.24, 2.45) is 0 Å². The van der Waals surface area contributed by atoms with Crippen molar-refractivity contribution in [2.75, 3.05) is 6.61 Å².